The van der Waals surface area contributed by atoms with Crippen LogP contribution in [0.15, 0.2) is 6.07 Å². The fraction of sp³-hybridized carbons (Fsp3) is 0.667. The van der Waals surface area contributed by atoms with Crippen LogP contribution in [0.4, 0.5) is 5.82 Å². The number of rotatable bonds is 3. The molecule has 0 bridgehead atoms. The van der Waals surface area contributed by atoms with Gasteiger partial charge in [-0.1, -0.05) is 26.2 Å². The van der Waals surface area contributed by atoms with Crippen LogP contribution in [0.3, 0.4) is 0 Å². The molecule has 0 atom stereocenters. The fourth-order valence-corrected chi connectivity index (χ4v) is 3.02. The maximum atomic E-state index is 12.4. The Morgan fingerprint density at radius 3 is 2.74 bits per heavy atom. The Kier molecular flexibility index (Phi) is 3.33. The maximum absolute atomic E-state index is 12.4. The minimum Gasteiger partial charge on any atom is -0.311 e. The van der Waals surface area contributed by atoms with Crippen molar-refractivity contribution >= 4 is 11.7 Å². The zero-order valence-corrected chi connectivity index (χ0v) is 11.5. The quantitative estimate of drug-likeness (QED) is 0.875. The number of hydrogen-bond acceptors (Lipinski definition) is 2. The lowest BCUT2D eigenvalue weighted by Gasteiger charge is -2.31. The second-order valence-electron chi connectivity index (χ2n) is 6.24. The molecule has 2 fully saturated rings. The zero-order chi connectivity index (χ0) is 13.3. The third kappa shape index (κ3) is 2.53. The van der Waals surface area contributed by atoms with E-state index in [0.29, 0.717) is 5.92 Å². The number of anilines is 1. The SMILES string of the molecule is CC1(C(=O)Nc2cc(C3C[CH]C3)n[nH]2)CCCCC1. The number of nitrogens with one attached hydrogen (secondary N) is 2. The Balaban J connectivity index is 1.63. The Labute approximate surface area is 114 Å². The molecule has 3 rings (SSSR count). The summed E-state index contributed by atoms with van der Waals surface area (Å²) in [6.45, 7) is 2.08. The summed E-state index contributed by atoms with van der Waals surface area (Å²) >= 11 is 0. The van der Waals surface area contributed by atoms with Crippen LogP contribution in [-0.2, 0) is 4.79 Å². The van der Waals surface area contributed by atoms with Crippen LogP contribution in [0.2, 0.25) is 0 Å². The van der Waals surface area contributed by atoms with E-state index in [-0.39, 0.29) is 11.3 Å². The van der Waals surface area contributed by atoms with Gasteiger partial charge < -0.3 is 5.32 Å². The molecule has 2 aliphatic rings. The van der Waals surface area contributed by atoms with Crippen molar-refractivity contribution in [1.29, 1.82) is 0 Å². The van der Waals surface area contributed by atoms with Crippen LogP contribution in [-0.4, -0.2) is 16.1 Å². The first kappa shape index (κ1) is 12.7. The van der Waals surface area contributed by atoms with Crippen molar-refractivity contribution in [3.8, 4) is 0 Å². The summed E-state index contributed by atoms with van der Waals surface area (Å²) in [5.41, 5.74) is 0.875. The normalized spacial score (nSPS) is 22.8. The van der Waals surface area contributed by atoms with Crippen LogP contribution in [0, 0.1) is 11.8 Å². The lowest BCUT2D eigenvalue weighted by molar-refractivity contribution is -0.126. The summed E-state index contributed by atoms with van der Waals surface area (Å²) in [5, 5.41) is 10.3. The summed E-state index contributed by atoms with van der Waals surface area (Å²) in [6.07, 6.45) is 10.1. The largest absolute Gasteiger partial charge is 0.311 e. The monoisotopic (exact) mass is 260 g/mol. The van der Waals surface area contributed by atoms with Crippen molar-refractivity contribution in [2.24, 2.45) is 5.41 Å². The van der Waals surface area contributed by atoms with Gasteiger partial charge in [0.2, 0.25) is 5.91 Å². The summed E-state index contributed by atoms with van der Waals surface area (Å²) in [5.74, 6) is 1.44. The smallest absolute Gasteiger partial charge is 0.231 e. The molecular formula is C15H22N3O. The van der Waals surface area contributed by atoms with Gasteiger partial charge in [-0.25, -0.2) is 0 Å². The van der Waals surface area contributed by atoms with Crippen molar-refractivity contribution in [2.45, 2.75) is 57.8 Å². The van der Waals surface area contributed by atoms with Gasteiger partial charge in [-0.3, -0.25) is 9.89 Å². The predicted molar refractivity (Wildman–Crippen MR) is 74.7 cm³/mol. The van der Waals surface area contributed by atoms with E-state index in [1.165, 1.54) is 6.42 Å². The summed E-state index contributed by atoms with van der Waals surface area (Å²) < 4.78 is 0. The molecule has 1 heterocycles. The third-order valence-corrected chi connectivity index (χ3v) is 4.67. The first-order chi connectivity index (χ1) is 9.17. The highest BCUT2D eigenvalue weighted by atomic mass is 16.2. The second-order valence-corrected chi connectivity index (χ2v) is 6.24. The van der Waals surface area contributed by atoms with Crippen LogP contribution >= 0.6 is 0 Å². The van der Waals surface area contributed by atoms with Crippen molar-refractivity contribution in [2.75, 3.05) is 5.32 Å². The number of nitrogens with zero attached hydrogens (tertiary/aromatic N) is 1. The Morgan fingerprint density at radius 2 is 2.11 bits per heavy atom. The topological polar surface area (TPSA) is 57.8 Å². The molecule has 4 heteroatoms. The van der Waals surface area contributed by atoms with E-state index >= 15 is 0 Å². The van der Waals surface area contributed by atoms with Gasteiger partial charge in [0.05, 0.1) is 5.69 Å². The molecule has 2 saturated carbocycles. The number of aromatic amines is 1. The minimum atomic E-state index is -0.201. The van der Waals surface area contributed by atoms with Crippen LogP contribution < -0.4 is 5.32 Å². The van der Waals surface area contributed by atoms with Gasteiger partial charge in [0, 0.05) is 17.4 Å². The van der Waals surface area contributed by atoms with Crippen LogP contribution in [0.5, 0.6) is 0 Å². The number of amides is 1. The van der Waals surface area contributed by atoms with Gasteiger partial charge in [-0.05, 0) is 32.1 Å². The van der Waals surface area contributed by atoms with Gasteiger partial charge in [0.25, 0.3) is 0 Å². The number of hydrogen-bond donors (Lipinski definition) is 2. The minimum absolute atomic E-state index is 0.141. The molecule has 103 valence electrons. The van der Waals surface area contributed by atoms with E-state index < -0.39 is 0 Å². The Morgan fingerprint density at radius 1 is 1.37 bits per heavy atom. The first-order valence-electron chi connectivity index (χ1n) is 7.36. The van der Waals surface area contributed by atoms with Gasteiger partial charge >= 0.3 is 0 Å². The third-order valence-electron chi connectivity index (χ3n) is 4.67. The predicted octanol–water partition coefficient (Wildman–Crippen LogP) is 3.40. The van der Waals surface area contributed by atoms with E-state index in [4.69, 9.17) is 0 Å². The summed E-state index contributed by atoms with van der Waals surface area (Å²) in [7, 11) is 0. The number of H-pyrrole nitrogens is 1. The van der Waals surface area contributed by atoms with Crippen molar-refractivity contribution < 1.29 is 4.79 Å². The molecule has 0 saturated heterocycles. The fourth-order valence-electron chi connectivity index (χ4n) is 3.02. The van der Waals surface area contributed by atoms with Crippen molar-refractivity contribution in [1.82, 2.24) is 10.2 Å². The van der Waals surface area contributed by atoms with Crippen LogP contribution in [0.1, 0.15) is 63.5 Å². The first-order valence-corrected chi connectivity index (χ1v) is 7.36. The highest BCUT2D eigenvalue weighted by molar-refractivity contribution is 5.94. The summed E-state index contributed by atoms with van der Waals surface area (Å²) in [4.78, 5) is 12.4. The molecule has 0 unspecified atom stereocenters. The molecule has 0 spiro atoms. The molecule has 2 aliphatic carbocycles. The zero-order valence-electron chi connectivity index (χ0n) is 11.5. The molecule has 2 N–H and O–H groups in total. The van der Waals surface area contributed by atoms with E-state index in [9.17, 15) is 4.79 Å². The van der Waals surface area contributed by atoms with Gasteiger partial charge in [0.1, 0.15) is 5.82 Å². The molecule has 0 aliphatic heterocycles. The van der Waals surface area contributed by atoms with E-state index in [0.717, 1.165) is 50.0 Å². The van der Waals surface area contributed by atoms with Gasteiger partial charge in [-0.15, -0.1) is 0 Å². The van der Waals surface area contributed by atoms with Crippen LogP contribution in [0.25, 0.3) is 0 Å². The highest BCUT2D eigenvalue weighted by Gasteiger charge is 2.34. The summed E-state index contributed by atoms with van der Waals surface area (Å²) in [6, 6.07) is 1.99. The van der Waals surface area contributed by atoms with E-state index in [1.54, 1.807) is 0 Å². The van der Waals surface area contributed by atoms with Gasteiger partial charge in [-0.2, -0.15) is 5.10 Å². The maximum Gasteiger partial charge on any atom is 0.231 e. The molecule has 1 radical (unpaired) electrons. The van der Waals surface area contributed by atoms with Crippen molar-refractivity contribution in [3.05, 3.63) is 18.2 Å². The van der Waals surface area contributed by atoms with Gasteiger partial charge in [0.15, 0.2) is 0 Å². The molecule has 0 aromatic carbocycles. The van der Waals surface area contributed by atoms with E-state index in [1.807, 2.05) is 6.07 Å². The average molecular weight is 260 g/mol. The molecular weight excluding hydrogens is 238 g/mol. The standard InChI is InChI=1S/C15H22N3O/c1-15(8-3-2-4-9-15)14(19)16-13-10-12(17-18-13)11-6-5-7-11/h5,10-11H,2-4,6-9H2,1H3,(H2,16,17,18,19). The Hall–Kier alpha value is -1.32. The lowest BCUT2D eigenvalue weighted by Crippen LogP contribution is -2.35. The number of carbonyl (C=O) groups is 1. The molecule has 1 aromatic rings. The molecule has 1 amide bonds. The van der Waals surface area contributed by atoms with Crippen molar-refractivity contribution in [3.63, 3.8) is 0 Å². The number of aromatic nitrogens is 2. The molecule has 1 aromatic heterocycles. The molecule has 19 heavy (non-hydrogen) atoms. The average Bonchev–Trinajstić information content (AvgIpc) is 2.76. The number of carbonyl (C=O) groups excluding carboxylic acids is 1. The highest BCUT2D eigenvalue weighted by Crippen LogP contribution is 2.37. The molecule has 4 nitrogen and oxygen atoms in total. The second kappa shape index (κ2) is 4.99. The lowest BCUT2D eigenvalue weighted by atomic mass is 9.75. The van der Waals surface area contributed by atoms with E-state index in [2.05, 4.69) is 28.9 Å². The Bertz CT molecular complexity index is 456.